The first kappa shape index (κ1) is 21.5. The first-order chi connectivity index (χ1) is 13.1. The number of rotatable bonds is 5. The smallest absolute Gasteiger partial charge is 0.264 e. The summed E-state index contributed by atoms with van der Waals surface area (Å²) >= 11 is 14.4. The Kier molecular flexibility index (Phi) is 6.35. The number of nitrogens with one attached hydrogen (secondary N) is 2. The van der Waals surface area contributed by atoms with Crippen LogP contribution in [0.1, 0.15) is 0 Å². The van der Waals surface area contributed by atoms with Crippen LogP contribution in [0, 0.1) is 21.0 Å². The van der Waals surface area contributed by atoms with E-state index < -0.39 is 33.2 Å². The van der Waals surface area contributed by atoms with E-state index in [-0.39, 0.29) is 24.9 Å². The Labute approximate surface area is 185 Å². The van der Waals surface area contributed by atoms with Crippen molar-refractivity contribution in [2.45, 2.75) is 4.90 Å². The van der Waals surface area contributed by atoms with Crippen LogP contribution >= 0.6 is 57.1 Å². The molecule has 1 heterocycles. The van der Waals surface area contributed by atoms with Crippen molar-refractivity contribution in [2.75, 3.05) is 10.0 Å². The Hall–Kier alpha value is -1.21. The minimum absolute atomic E-state index is 0.0988. The second-order valence-electron chi connectivity index (χ2n) is 5.33. The van der Waals surface area contributed by atoms with Crippen molar-refractivity contribution < 1.29 is 21.6 Å². The van der Waals surface area contributed by atoms with Gasteiger partial charge in [-0.2, -0.15) is 0 Å². The van der Waals surface area contributed by atoms with E-state index in [0.717, 1.165) is 29.5 Å². The van der Waals surface area contributed by atoms with Crippen LogP contribution in [-0.4, -0.2) is 8.42 Å². The Morgan fingerprint density at radius 1 is 0.964 bits per heavy atom. The Morgan fingerprint density at radius 3 is 2.25 bits per heavy atom. The monoisotopic (exact) mass is 578 g/mol. The van der Waals surface area contributed by atoms with Gasteiger partial charge in [-0.15, -0.1) is 11.3 Å². The number of benzene rings is 2. The standard InChI is InChI=1S/C16H8Cl2F3IN2O2S2/c17-13-6-12(16(18)27-13)28(25,26)24-11-4-2-8(19)14(21)15(11)23-10-3-1-7(22)5-9(10)20/h1-6,23-24H. The Morgan fingerprint density at radius 2 is 1.64 bits per heavy atom. The lowest BCUT2D eigenvalue weighted by Gasteiger charge is -2.16. The topological polar surface area (TPSA) is 58.2 Å². The highest BCUT2D eigenvalue weighted by atomic mass is 127. The SMILES string of the molecule is O=S(=O)(Nc1ccc(F)c(F)c1Nc1ccc(I)cc1F)c1cc(Cl)sc1Cl. The number of sulfonamides is 1. The summed E-state index contributed by atoms with van der Waals surface area (Å²) in [7, 11) is -4.26. The average molecular weight is 579 g/mol. The van der Waals surface area contributed by atoms with Crippen molar-refractivity contribution in [1.29, 1.82) is 0 Å². The summed E-state index contributed by atoms with van der Waals surface area (Å²) in [4.78, 5) is -0.319. The molecular formula is C16H8Cl2F3IN2O2S2. The summed E-state index contributed by atoms with van der Waals surface area (Å²) in [5.41, 5.74) is -1.08. The molecule has 2 N–H and O–H groups in total. The van der Waals surface area contributed by atoms with E-state index in [1.54, 1.807) is 6.07 Å². The highest BCUT2D eigenvalue weighted by molar-refractivity contribution is 14.1. The second kappa shape index (κ2) is 8.27. The lowest BCUT2D eigenvalue weighted by Crippen LogP contribution is -2.15. The first-order valence-electron chi connectivity index (χ1n) is 7.26. The van der Waals surface area contributed by atoms with Gasteiger partial charge in [0.05, 0.1) is 15.7 Å². The highest BCUT2D eigenvalue weighted by Crippen LogP contribution is 2.37. The number of thiophene rings is 1. The molecule has 0 fully saturated rings. The number of hydrogen-bond donors (Lipinski definition) is 2. The van der Waals surface area contributed by atoms with E-state index in [9.17, 15) is 21.6 Å². The van der Waals surface area contributed by atoms with Crippen molar-refractivity contribution in [3.05, 3.63) is 66.1 Å². The predicted molar refractivity (Wildman–Crippen MR) is 114 cm³/mol. The molecule has 0 aliphatic heterocycles. The molecule has 0 spiro atoms. The zero-order valence-electron chi connectivity index (χ0n) is 13.4. The van der Waals surface area contributed by atoms with Gasteiger partial charge in [0.2, 0.25) is 0 Å². The molecule has 0 saturated carbocycles. The molecule has 0 unspecified atom stereocenters. The lowest BCUT2D eigenvalue weighted by atomic mass is 10.2. The van der Waals surface area contributed by atoms with Crippen molar-refractivity contribution in [3.8, 4) is 0 Å². The van der Waals surface area contributed by atoms with E-state index >= 15 is 0 Å². The number of hydrogen-bond acceptors (Lipinski definition) is 4. The molecule has 0 amide bonds. The normalized spacial score (nSPS) is 11.5. The summed E-state index contributed by atoms with van der Waals surface area (Å²) in [6.07, 6.45) is 0. The van der Waals surface area contributed by atoms with Crippen LogP contribution in [0.15, 0.2) is 41.3 Å². The van der Waals surface area contributed by atoms with Gasteiger partial charge in [0.15, 0.2) is 11.6 Å². The Bertz CT molecular complexity index is 1170. The van der Waals surface area contributed by atoms with Gasteiger partial charge in [-0.25, -0.2) is 21.6 Å². The zero-order chi connectivity index (χ0) is 20.6. The maximum absolute atomic E-state index is 14.4. The van der Waals surface area contributed by atoms with Crippen LogP contribution in [0.25, 0.3) is 0 Å². The van der Waals surface area contributed by atoms with E-state index in [4.69, 9.17) is 23.2 Å². The van der Waals surface area contributed by atoms with Gasteiger partial charge in [-0.3, -0.25) is 4.72 Å². The maximum Gasteiger partial charge on any atom is 0.264 e. The van der Waals surface area contributed by atoms with Crippen LogP contribution in [0.2, 0.25) is 8.67 Å². The summed E-state index contributed by atoms with van der Waals surface area (Å²) in [5.74, 6) is -3.35. The molecule has 0 bridgehead atoms. The molecule has 12 heteroatoms. The molecule has 3 aromatic rings. The largest absolute Gasteiger partial charge is 0.349 e. The second-order valence-corrected chi connectivity index (χ2v) is 10.5. The van der Waals surface area contributed by atoms with Crippen LogP contribution in [0.3, 0.4) is 0 Å². The molecule has 0 atom stereocenters. The molecule has 4 nitrogen and oxygen atoms in total. The Balaban J connectivity index is 2.04. The number of anilines is 3. The molecule has 3 rings (SSSR count). The summed E-state index contributed by atoms with van der Waals surface area (Å²) in [6, 6.07) is 6.91. The fourth-order valence-corrected chi connectivity index (χ4v) is 5.87. The molecule has 28 heavy (non-hydrogen) atoms. The van der Waals surface area contributed by atoms with E-state index in [1.165, 1.54) is 12.1 Å². The molecule has 0 saturated heterocycles. The molecule has 2 aromatic carbocycles. The lowest BCUT2D eigenvalue weighted by molar-refractivity contribution is 0.512. The minimum atomic E-state index is -4.26. The van der Waals surface area contributed by atoms with Crippen molar-refractivity contribution in [1.82, 2.24) is 0 Å². The summed E-state index contributed by atoms with van der Waals surface area (Å²) in [6.45, 7) is 0. The van der Waals surface area contributed by atoms with Crippen LogP contribution in [0.5, 0.6) is 0 Å². The van der Waals surface area contributed by atoms with Gasteiger partial charge >= 0.3 is 0 Å². The zero-order valence-corrected chi connectivity index (χ0v) is 18.7. The summed E-state index contributed by atoms with van der Waals surface area (Å²) < 4.78 is 70.1. The van der Waals surface area contributed by atoms with Crippen LogP contribution in [-0.2, 0) is 10.0 Å². The molecule has 148 valence electrons. The minimum Gasteiger partial charge on any atom is -0.349 e. The van der Waals surface area contributed by atoms with Crippen molar-refractivity contribution in [2.24, 2.45) is 0 Å². The maximum atomic E-state index is 14.4. The molecule has 1 aromatic heterocycles. The van der Waals surface area contributed by atoms with Gasteiger partial charge in [0.1, 0.15) is 20.7 Å². The van der Waals surface area contributed by atoms with Gasteiger partial charge in [-0.05, 0) is 59.0 Å². The molecular weight excluding hydrogens is 571 g/mol. The fraction of sp³-hybridized carbons (Fsp3) is 0. The van der Waals surface area contributed by atoms with E-state index in [1.807, 2.05) is 22.6 Å². The van der Waals surface area contributed by atoms with Gasteiger partial charge in [0, 0.05) is 3.57 Å². The third-order valence-electron chi connectivity index (χ3n) is 3.44. The van der Waals surface area contributed by atoms with E-state index in [0.29, 0.717) is 3.57 Å². The van der Waals surface area contributed by atoms with Crippen LogP contribution < -0.4 is 10.0 Å². The third kappa shape index (κ3) is 4.51. The first-order valence-corrected chi connectivity index (χ1v) is 11.4. The van der Waals surface area contributed by atoms with Crippen molar-refractivity contribution in [3.63, 3.8) is 0 Å². The fourth-order valence-electron chi connectivity index (χ4n) is 2.19. The molecule has 0 aliphatic carbocycles. The summed E-state index contributed by atoms with van der Waals surface area (Å²) in [5, 5.41) is 2.39. The highest BCUT2D eigenvalue weighted by Gasteiger charge is 2.24. The molecule has 0 aliphatic rings. The van der Waals surface area contributed by atoms with Gasteiger partial charge in [-0.1, -0.05) is 23.2 Å². The quantitative estimate of drug-likeness (QED) is 0.334. The molecule has 0 radical (unpaired) electrons. The van der Waals surface area contributed by atoms with Crippen molar-refractivity contribution >= 4 is 84.2 Å². The predicted octanol–water partition coefficient (Wildman–Crippen LogP) is 6.62. The third-order valence-corrected chi connectivity index (χ3v) is 7.23. The van der Waals surface area contributed by atoms with Gasteiger partial charge in [0.25, 0.3) is 10.0 Å². The van der Waals surface area contributed by atoms with Gasteiger partial charge < -0.3 is 5.32 Å². The average Bonchev–Trinajstić information content (AvgIpc) is 2.95. The van der Waals surface area contributed by atoms with E-state index in [2.05, 4.69) is 10.0 Å². The van der Waals surface area contributed by atoms with Crippen LogP contribution in [0.4, 0.5) is 30.2 Å². The number of halogens is 6.